The Morgan fingerprint density at radius 1 is 1.17 bits per heavy atom. The van der Waals surface area contributed by atoms with E-state index >= 15 is 0 Å². The highest BCUT2D eigenvalue weighted by molar-refractivity contribution is 6.08. The molecule has 36 heavy (non-hydrogen) atoms. The molecule has 0 saturated carbocycles. The van der Waals surface area contributed by atoms with E-state index in [-0.39, 0.29) is 36.5 Å². The standard InChI is InChI=1S/C29H35N3O4/c1-21(8-6-12-27(34)31-19-7-11-25(31)20-33)29(36-2)23-13-15-24(16-14-23)32-28(35)18-17-26(30-32)22-9-4-3-5-10-22/h3-6,8-10,13-16,21,25,29,33H,7,11-12,17-20H2,1-2H3/b8-6+/t21-,25-,29+/m0/s1. The Hall–Kier alpha value is -3.29. The number of hydrazone groups is 1. The molecule has 2 aromatic carbocycles. The van der Waals surface area contributed by atoms with E-state index < -0.39 is 0 Å². The predicted molar refractivity (Wildman–Crippen MR) is 141 cm³/mol. The van der Waals surface area contributed by atoms with Crippen LogP contribution in [-0.4, -0.2) is 53.8 Å². The van der Waals surface area contributed by atoms with E-state index in [0.29, 0.717) is 19.3 Å². The van der Waals surface area contributed by atoms with Crippen molar-refractivity contribution in [2.24, 2.45) is 11.0 Å². The molecule has 2 heterocycles. The van der Waals surface area contributed by atoms with Gasteiger partial charge in [-0.2, -0.15) is 5.10 Å². The third-order valence-electron chi connectivity index (χ3n) is 6.98. The van der Waals surface area contributed by atoms with Crippen LogP contribution in [0.4, 0.5) is 5.69 Å². The zero-order valence-corrected chi connectivity index (χ0v) is 21.0. The smallest absolute Gasteiger partial charge is 0.247 e. The zero-order chi connectivity index (χ0) is 25.5. The molecule has 3 atom stereocenters. The SMILES string of the molecule is CO[C@@H](c1ccc(N2N=C(c3ccccc3)CCC2=O)cc1)[C@@H](C)/C=C/CC(=O)N1CCC[C@H]1CO. The van der Waals surface area contributed by atoms with Crippen molar-refractivity contribution < 1.29 is 19.4 Å². The first-order valence-corrected chi connectivity index (χ1v) is 12.7. The molecule has 2 aliphatic rings. The summed E-state index contributed by atoms with van der Waals surface area (Å²) in [7, 11) is 1.68. The van der Waals surface area contributed by atoms with Crippen molar-refractivity contribution in [3.05, 3.63) is 77.9 Å². The average Bonchev–Trinajstić information content (AvgIpc) is 3.40. The van der Waals surface area contributed by atoms with Crippen molar-refractivity contribution in [2.75, 3.05) is 25.3 Å². The summed E-state index contributed by atoms with van der Waals surface area (Å²) < 4.78 is 5.78. The summed E-state index contributed by atoms with van der Waals surface area (Å²) in [5.41, 5.74) is 3.65. The summed E-state index contributed by atoms with van der Waals surface area (Å²) in [6, 6.07) is 17.6. The molecular weight excluding hydrogens is 454 g/mol. The molecular formula is C29H35N3O4. The van der Waals surface area contributed by atoms with Crippen LogP contribution in [0, 0.1) is 5.92 Å². The summed E-state index contributed by atoms with van der Waals surface area (Å²) >= 11 is 0. The first kappa shape index (κ1) is 25.8. The van der Waals surface area contributed by atoms with E-state index in [0.717, 1.165) is 41.9 Å². The Bertz CT molecular complexity index is 1100. The van der Waals surface area contributed by atoms with E-state index in [1.165, 1.54) is 5.01 Å². The molecule has 4 rings (SSSR count). The van der Waals surface area contributed by atoms with Crippen LogP contribution in [0.2, 0.25) is 0 Å². The molecule has 0 spiro atoms. The fraction of sp³-hybridized carbons (Fsp3) is 0.414. The second kappa shape index (κ2) is 12.1. The van der Waals surface area contributed by atoms with Crippen LogP contribution in [0.1, 0.15) is 56.3 Å². The molecule has 1 fully saturated rings. The van der Waals surface area contributed by atoms with E-state index in [1.54, 1.807) is 12.0 Å². The molecule has 2 aromatic rings. The van der Waals surface area contributed by atoms with Gasteiger partial charge in [0.25, 0.3) is 0 Å². The molecule has 190 valence electrons. The summed E-state index contributed by atoms with van der Waals surface area (Å²) in [6.07, 6.45) is 6.90. The molecule has 0 aromatic heterocycles. The van der Waals surface area contributed by atoms with Gasteiger partial charge < -0.3 is 14.7 Å². The molecule has 0 unspecified atom stereocenters. The van der Waals surface area contributed by atoms with Crippen LogP contribution in [0.5, 0.6) is 0 Å². The number of benzene rings is 2. The van der Waals surface area contributed by atoms with Crippen molar-refractivity contribution in [1.82, 2.24) is 4.90 Å². The lowest BCUT2D eigenvalue weighted by molar-refractivity contribution is -0.131. The highest BCUT2D eigenvalue weighted by Crippen LogP contribution is 2.30. The fourth-order valence-corrected chi connectivity index (χ4v) is 5.01. The van der Waals surface area contributed by atoms with Crippen LogP contribution in [0.25, 0.3) is 0 Å². The van der Waals surface area contributed by atoms with Gasteiger partial charge in [-0.3, -0.25) is 9.59 Å². The summed E-state index contributed by atoms with van der Waals surface area (Å²) in [5.74, 6) is 0.0725. The fourth-order valence-electron chi connectivity index (χ4n) is 5.01. The number of nitrogens with zero attached hydrogens (tertiary/aromatic N) is 3. The number of carbonyl (C=O) groups is 2. The van der Waals surface area contributed by atoms with Gasteiger partial charge in [0.1, 0.15) is 0 Å². The zero-order valence-electron chi connectivity index (χ0n) is 21.0. The third-order valence-corrected chi connectivity index (χ3v) is 6.98. The van der Waals surface area contributed by atoms with Crippen molar-refractivity contribution >= 4 is 23.2 Å². The topological polar surface area (TPSA) is 82.4 Å². The van der Waals surface area contributed by atoms with Gasteiger partial charge in [0.2, 0.25) is 11.8 Å². The number of likely N-dealkylation sites (tertiary alicyclic amines) is 1. The first-order chi connectivity index (χ1) is 17.5. The van der Waals surface area contributed by atoms with E-state index in [2.05, 4.69) is 12.0 Å². The van der Waals surface area contributed by atoms with Gasteiger partial charge in [-0.15, -0.1) is 0 Å². The third kappa shape index (κ3) is 5.91. The lowest BCUT2D eigenvalue weighted by Crippen LogP contribution is -2.37. The van der Waals surface area contributed by atoms with Crippen molar-refractivity contribution in [3.63, 3.8) is 0 Å². The number of aliphatic hydroxyl groups excluding tert-OH is 1. The molecule has 1 saturated heterocycles. The van der Waals surface area contributed by atoms with Gasteiger partial charge in [-0.1, -0.05) is 61.5 Å². The average molecular weight is 490 g/mol. The second-order valence-corrected chi connectivity index (χ2v) is 9.42. The number of amides is 2. The van der Waals surface area contributed by atoms with Crippen molar-refractivity contribution in [1.29, 1.82) is 0 Å². The number of rotatable bonds is 9. The Labute approximate surface area is 213 Å². The van der Waals surface area contributed by atoms with Gasteiger partial charge in [-0.25, -0.2) is 5.01 Å². The number of aliphatic hydroxyl groups is 1. The Morgan fingerprint density at radius 2 is 1.92 bits per heavy atom. The van der Waals surface area contributed by atoms with Gasteiger partial charge in [-0.05, 0) is 36.1 Å². The quantitative estimate of drug-likeness (QED) is 0.527. The van der Waals surface area contributed by atoms with E-state index in [9.17, 15) is 14.7 Å². The van der Waals surface area contributed by atoms with Gasteiger partial charge >= 0.3 is 0 Å². The van der Waals surface area contributed by atoms with Crippen LogP contribution in [-0.2, 0) is 14.3 Å². The molecule has 2 aliphatic heterocycles. The number of anilines is 1. The maximum Gasteiger partial charge on any atom is 0.247 e. The molecule has 1 N–H and O–H groups in total. The first-order valence-electron chi connectivity index (χ1n) is 12.7. The van der Waals surface area contributed by atoms with Gasteiger partial charge in [0.05, 0.1) is 30.2 Å². The van der Waals surface area contributed by atoms with Crippen LogP contribution in [0.3, 0.4) is 0 Å². The maximum atomic E-state index is 12.6. The van der Waals surface area contributed by atoms with Crippen molar-refractivity contribution in [2.45, 2.75) is 51.2 Å². The number of hydrogen-bond donors (Lipinski definition) is 1. The van der Waals surface area contributed by atoms with Crippen LogP contribution < -0.4 is 5.01 Å². The lowest BCUT2D eigenvalue weighted by atomic mass is 9.96. The molecule has 7 nitrogen and oxygen atoms in total. The summed E-state index contributed by atoms with van der Waals surface area (Å²) in [6.45, 7) is 2.80. The number of methoxy groups -OCH3 is 1. The summed E-state index contributed by atoms with van der Waals surface area (Å²) in [5, 5.41) is 15.6. The number of ether oxygens (including phenoxy) is 1. The molecule has 0 bridgehead atoms. The Kier molecular flexibility index (Phi) is 8.67. The normalized spacial score (nSPS) is 20.0. The van der Waals surface area contributed by atoms with Crippen molar-refractivity contribution in [3.8, 4) is 0 Å². The van der Waals surface area contributed by atoms with E-state index in [4.69, 9.17) is 4.74 Å². The molecule has 0 radical (unpaired) electrons. The maximum absolute atomic E-state index is 12.6. The highest BCUT2D eigenvalue weighted by atomic mass is 16.5. The van der Waals surface area contributed by atoms with Crippen LogP contribution >= 0.6 is 0 Å². The predicted octanol–water partition coefficient (Wildman–Crippen LogP) is 4.47. The minimum Gasteiger partial charge on any atom is -0.394 e. The highest BCUT2D eigenvalue weighted by Gasteiger charge is 2.27. The minimum atomic E-state index is -0.192. The number of hydrogen-bond acceptors (Lipinski definition) is 5. The molecule has 0 aliphatic carbocycles. The Balaban J connectivity index is 1.41. The molecule has 2 amide bonds. The van der Waals surface area contributed by atoms with Crippen LogP contribution in [0.15, 0.2) is 71.9 Å². The van der Waals surface area contributed by atoms with E-state index in [1.807, 2.05) is 66.7 Å². The second-order valence-electron chi connectivity index (χ2n) is 9.42. The molecule has 7 heteroatoms. The number of carbonyl (C=O) groups excluding carboxylic acids is 2. The minimum absolute atomic E-state index is 0.0202. The van der Waals surface area contributed by atoms with Gasteiger partial charge in [0.15, 0.2) is 0 Å². The van der Waals surface area contributed by atoms with Gasteiger partial charge in [0, 0.05) is 38.8 Å². The monoisotopic (exact) mass is 489 g/mol. The lowest BCUT2D eigenvalue weighted by Gasteiger charge is -2.25. The Morgan fingerprint density at radius 3 is 2.61 bits per heavy atom. The largest absolute Gasteiger partial charge is 0.394 e. The summed E-state index contributed by atoms with van der Waals surface area (Å²) in [4.78, 5) is 26.9.